The number of halogens is 3. The predicted octanol–water partition coefficient (Wildman–Crippen LogP) is 4.06. The van der Waals surface area contributed by atoms with Crippen molar-refractivity contribution in [3.63, 3.8) is 0 Å². The molecule has 2 N–H and O–H groups in total. The summed E-state index contributed by atoms with van der Waals surface area (Å²) in [5.74, 6) is -0.626. The number of alkyl halides is 3. The minimum Gasteiger partial charge on any atom is -0.481 e. The SMILES string of the molecule is CCN(c1ccc(C(F)(F)F)cc1CO)C1CCC(CC(=O)O)CC1. The first-order chi connectivity index (χ1) is 11.8. The van der Waals surface area contributed by atoms with Gasteiger partial charge in [-0.2, -0.15) is 13.2 Å². The summed E-state index contributed by atoms with van der Waals surface area (Å²) in [5, 5.41) is 18.4. The summed E-state index contributed by atoms with van der Waals surface area (Å²) in [4.78, 5) is 12.9. The largest absolute Gasteiger partial charge is 0.481 e. The number of carboxylic acids is 1. The highest BCUT2D eigenvalue weighted by molar-refractivity contribution is 5.67. The van der Waals surface area contributed by atoms with E-state index in [1.54, 1.807) is 0 Å². The van der Waals surface area contributed by atoms with E-state index in [4.69, 9.17) is 5.11 Å². The molecule has 1 aromatic rings. The third-order valence-electron chi connectivity index (χ3n) is 4.95. The van der Waals surface area contributed by atoms with Gasteiger partial charge in [0.15, 0.2) is 0 Å². The zero-order valence-electron chi connectivity index (χ0n) is 14.2. The Bertz CT molecular complexity index is 596. The van der Waals surface area contributed by atoms with E-state index in [9.17, 15) is 23.1 Å². The van der Waals surface area contributed by atoms with Crippen molar-refractivity contribution in [3.8, 4) is 0 Å². The van der Waals surface area contributed by atoms with Gasteiger partial charge in [0.05, 0.1) is 12.2 Å². The molecular formula is C18H24F3NO3. The number of nitrogens with zero attached hydrogens (tertiary/aromatic N) is 1. The van der Waals surface area contributed by atoms with Gasteiger partial charge in [-0.1, -0.05) is 0 Å². The normalized spacial score (nSPS) is 21.2. The van der Waals surface area contributed by atoms with E-state index >= 15 is 0 Å². The number of aliphatic hydroxyl groups is 1. The highest BCUT2D eigenvalue weighted by Crippen LogP contribution is 2.36. The van der Waals surface area contributed by atoms with Crippen LogP contribution in [-0.4, -0.2) is 28.8 Å². The van der Waals surface area contributed by atoms with Crippen LogP contribution in [0.2, 0.25) is 0 Å². The molecule has 0 spiro atoms. The van der Waals surface area contributed by atoms with Gasteiger partial charge in [-0.15, -0.1) is 0 Å². The van der Waals surface area contributed by atoms with Gasteiger partial charge in [0.2, 0.25) is 0 Å². The van der Waals surface area contributed by atoms with E-state index < -0.39 is 24.3 Å². The minimum absolute atomic E-state index is 0.150. The number of carbonyl (C=O) groups is 1. The van der Waals surface area contributed by atoms with E-state index in [0.29, 0.717) is 12.2 Å². The van der Waals surface area contributed by atoms with Crippen molar-refractivity contribution in [1.29, 1.82) is 0 Å². The zero-order chi connectivity index (χ0) is 18.6. The highest BCUT2D eigenvalue weighted by atomic mass is 19.4. The van der Waals surface area contributed by atoms with Crippen molar-refractivity contribution in [2.24, 2.45) is 5.92 Å². The first-order valence-electron chi connectivity index (χ1n) is 8.55. The Morgan fingerprint density at radius 1 is 1.24 bits per heavy atom. The average molecular weight is 359 g/mol. The molecule has 1 aliphatic rings. The molecule has 0 atom stereocenters. The lowest BCUT2D eigenvalue weighted by molar-refractivity contribution is -0.139. The molecule has 2 rings (SSSR count). The van der Waals surface area contributed by atoms with Crippen LogP contribution < -0.4 is 4.90 Å². The Morgan fingerprint density at radius 3 is 2.36 bits per heavy atom. The van der Waals surface area contributed by atoms with Crippen molar-refractivity contribution < 1.29 is 28.2 Å². The number of hydrogen-bond donors (Lipinski definition) is 2. The summed E-state index contributed by atoms with van der Waals surface area (Å²) >= 11 is 0. The van der Waals surface area contributed by atoms with E-state index in [-0.39, 0.29) is 23.9 Å². The quantitative estimate of drug-likeness (QED) is 0.804. The molecule has 0 amide bonds. The maximum Gasteiger partial charge on any atom is 0.416 e. The van der Waals surface area contributed by atoms with E-state index in [1.165, 1.54) is 6.07 Å². The number of anilines is 1. The molecule has 0 radical (unpaired) electrons. The first kappa shape index (κ1) is 19.6. The number of rotatable bonds is 6. The number of hydrogen-bond acceptors (Lipinski definition) is 3. The van der Waals surface area contributed by atoms with Crippen molar-refractivity contribution in [3.05, 3.63) is 29.3 Å². The van der Waals surface area contributed by atoms with Crippen LogP contribution in [0.4, 0.5) is 18.9 Å². The number of carboxylic acid groups (broad SMARTS) is 1. The second-order valence-corrected chi connectivity index (χ2v) is 6.56. The number of benzene rings is 1. The van der Waals surface area contributed by atoms with Crippen LogP contribution in [0.15, 0.2) is 18.2 Å². The van der Waals surface area contributed by atoms with E-state index in [1.807, 2.05) is 11.8 Å². The fourth-order valence-electron chi connectivity index (χ4n) is 3.70. The van der Waals surface area contributed by atoms with Crippen LogP contribution in [0.5, 0.6) is 0 Å². The van der Waals surface area contributed by atoms with Crippen molar-refractivity contribution >= 4 is 11.7 Å². The topological polar surface area (TPSA) is 60.8 Å². The summed E-state index contributed by atoms with van der Waals surface area (Å²) in [5.41, 5.74) is 0.130. The molecule has 0 aliphatic heterocycles. The fourth-order valence-corrected chi connectivity index (χ4v) is 3.70. The second-order valence-electron chi connectivity index (χ2n) is 6.56. The zero-order valence-corrected chi connectivity index (χ0v) is 14.2. The number of aliphatic carboxylic acids is 1. The molecule has 1 aromatic carbocycles. The molecule has 140 valence electrons. The van der Waals surface area contributed by atoms with Gasteiger partial charge in [0.25, 0.3) is 0 Å². The Hall–Kier alpha value is -1.76. The summed E-state index contributed by atoms with van der Waals surface area (Å²) in [6.07, 6.45) is -1.07. The fraction of sp³-hybridized carbons (Fsp3) is 0.611. The predicted molar refractivity (Wildman–Crippen MR) is 88.4 cm³/mol. The third kappa shape index (κ3) is 4.87. The van der Waals surface area contributed by atoms with E-state index in [0.717, 1.165) is 37.8 Å². The van der Waals surface area contributed by atoms with Crippen LogP contribution in [0.25, 0.3) is 0 Å². The van der Waals surface area contributed by atoms with Gasteiger partial charge in [-0.25, -0.2) is 0 Å². The standard InChI is InChI=1S/C18H24F3NO3/c1-2-22(15-6-3-12(4-7-15)9-17(24)25)16-8-5-14(18(19,20)21)10-13(16)11-23/h5,8,10,12,15,23H,2-4,6-7,9,11H2,1H3,(H,24,25). The van der Waals surface area contributed by atoms with Crippen LogP contribution >= 0.6 is 0 Å². The van der Waals surface area contributed by atoms with Gasteiger partial charge in [-0.3, -0.25) is 4.79 Å². The van der Waals surface area contributed by atoms with Gasteiger partial charge in [0, 0.05) is 30.3 Å². The summed E-state index contributed by atoms with van der Waals surface area (Å²) in [7, 11) is 0. The van der Waals surface area contributed by atoms with Crippen LogP contribution in [-0.2, 0) is 17.6 Å². The molecule has 1 saturated carbocycles. The van der Waals surface area contributed by atoms with Crippen LogP contribution in [0.3, 0.4) is 0 Å². The van der Waals surface area contributed by atoms with E-state index in [2.05, 4.69) is 0 Å². The average Bonchev–Trinajstić information content (AvgIpc) is 2.55. The summed E-state index contributed by atoms with van der Waals surface area (Å²) < 4.78 is 38.6. The molecular weight excluding hydrogens is 335 g/mol. The Labute approximate surface area is 145 Å². The molecule has 0 saturated heterocycles. The smallest absolute Gasteiger partial charge is 0.416 e. The maximum atomic E-state index is 12.9. The van der Waals surface area contributed by atoms with Crippen molar-refractivity contribution in [1.82, 2.24) is 0 Å². The monoisotopic (exact) mass is 359 g/mol. The van der Waals surface area contributed by atoms with Gasteiger partial charge >= 0.3 is 12.1 Å². The molecule has 7 heteroatoms. The van der Waals surface area contributed by atoms with Gasteiger partial charge in [0.1, 0.15) is 0 Å². The van der Waals surface area contributed by atoms with Crippen molar-refractivity contribution in [2.75, 3.05) is 11.4 Å². The molecule has 4 nitrogen and oxygen atoms in total. The molecule has 1 fully saturated rings. The van der Waals surface area contributed by atoms with Gasteiger partial charge < -0.3 is 15.1 Å². The minimum atomic E-state index is -4.44. The molecule has 0 bridgehead atoms. The molecule has 0 unspecified atom stereocenters. The first-order valence-corrected chi connectivity index (χ1v) is 8.55. The molecule has 1 aliphatic carbocycles. The molecule has 25 heavy (non-hydrogen) atoms. The lowest BCUT2D eigenvalue weighted by atomic mass is 9.83. The molecule has 0 aromatic heterocycles. The maximum absolute atomic E-state index is 12.9. The number of aliphatic hydroxyl groups excluding tert-OH is 1. The second kappa shape index (κ2) is 8.08. The van der Waals surface area contributed by atoms with Crippen LogP contribution in [0.1, 0.15) is 50.2 Å². The summed E-state index contributed by atoms with van der Waals surface area (Å²) in [6, 6.07) is 3.64. The molecule has 0 heterocycles. The Morgan fingerprint density at radius 2 is 1.88 bits per heavy atom. The lowest BCUT2D eigenvalue weighted by Crippen LogP contribution is -2.39. The lowest BCUT2D eigenvalue weighted by Gasteiger charge is -2.38. The van der Waals surface area contributed by atoms with Crippen molar-refractivity contribution in [2.45, 2.75) is 57.9 Å². The Kier molecular flexibility index (Phi) is 6.32. The van der Waals surface area contributed by atoms with Gasteiger partial charge in [-0.05, 0) is 56.7 Å². The summed E-state index contributed by atoms with van der Waals surface area (Å²) in [6.45, 7) is 2.10. The Balaban J connectivity index is 2.17. The highest BCUT2D eigenvalue weighted by Gasteiger charge is 2.32. The third-order valence-corrected chi connectivity index (χ3v) is 4.95. The van der Waals surface area contributed by atoms with Crippen LogP contribution in [0, 0.1) is 5.92 Å².